The van der Waals surface area contributed by atoms with E-state index in [9.17, 15) is 4.79 Å². The predicted molar refractivity (Wildman–Crippen MR) is 113 cm³/mol. The Bertz CT molecular complexity index is 1170. The number of para-hydroxylation sites is 1. The first-order valence-corrected chi connectivity index (χ1v) is 9.74. The van der Waals surface area contributed by atoms with Crippen LogP contribution in [0.2, 0.25) is 0 Å². The lowest BCUT2D eigenvalue weighted by Crippen LogP contribution is -2.35. The number of nitrogens with one attached hydrogen (secondary N) is 1. The molecule has 1 N–H and O–H groups in total. The summed E-state index contributed by atoms with van der Waals surface area (Å²) in [6.07, 6.45) is 0.895. The Balaban J connectivity index is 1.39. The molecule has 2 heterocycles. The van der Waals surface area contributed by atoms with E-state index in [1.54, 1.807) is 0 Å². The third-order valence-corrected chi connectivity index (χ3v) is 5.76. The molecule has 0 saturated carbocycles. The number of aromatic nitrogens is 1. The molecule has 0 unspecified atom stereocenters. The molecule has 0 spiro atoms. The highest BCUT2D eigenvalue weighted by Gasteiger charge is 2.24. The quantitative estimate of drug-likeness (QED) is 0.511. The molecule has 1 amide bonds. The second-order valence-corrected chi connectivity index (χ2v) is 7.50. The lowest BCUT2D eigenvalue weighted by atomic mass is 9.99. The van der Waals surface area contributed by atoms with Crippen LogP contribution in [0.3, 0.4) is 0 Å². The smallest absolute Gasteiger partial charge is 0.254 e. The van der Waals surface area contributed by atoms with Crippen molar-refractivity contribution in [1.82, 2.24) is 9.88 Å². The van der Waals surface area contributed by atoms with Crippen LogP contribution in [-0.4, -0.2) is 22.3 Å². The Morgan fingerprint density at radius 2 is 1.68 bits per heavy atom. The van der Waals surface area contributed by atoms with E-state index >= 15 is 0 Å². The number of nitrogens with zero attached hydrogens (tertiary/aromatic N) is 1. The molecule has 0 bridgehead atoms. The van der Waals surface area contributed by atoms with Crippen molar-refractivity contribution in [2.75, 3.05) is 6.54 Å². The van der Waals surface area contributed by atoms with Gasteiger partial charge < -0.3 is 9.88 Å². The van der Waals surface area contributed by atoms with Crippen molar-refractivity contribution in [3.63, 3.8) is 0 Å². The van der Waals surface area contributed by atoms with Gasteiger partial charge in [-0.15, -0.1) is 0 Å². The third-order valence-electron chi connectivity index (χ3n) is 5.76. The van der Waals surface area contributed by atoms with E-state index in [-0.39, 0.29) is 5.91 Å². The van der Waals surface area contributed by atoms with E-state index in [4.69, 9.17) is 0 Å². The van der Waals surface area contributed by atoms with Crippen LogP contribution in [0, 0.1) is 6.92 Å². The van der Waals surface area contributed by atoms with Gasteiger partial charge in [0.2, 0.25) is 0 Å². The van der Waals surface area contributed by atoms with Gasteiger partial charge in [-0.05, 0) is 53.8 Å². The van der Waals surface area contributed by atoms with Crippen LogP contribution in [0.4, 0.5) is 0 Å². The zero-order chi connectivity index (χ0) is 19.1. The summed E-state index contributed by atoms with van der Waals surface area (Å²) < 4.78 is 0. The first kappa shape index (κ1) is 16.8. The van der Waals surface area contributed by atoms with Crippen molar-refractivity contribution in [2.24, 2.45) is 0 Å². The van der Waals surface area contributed by atoms with Gasteiger partial charge in [0.15, 0.2) is 0 Å². The van der Waals surface area contributed by atoms with E-state index in [1.807, 2.05) is 47.4 Å². The Morgan fingerprint density at radius 3 is 2.50 bits per heavy atom. The second kappa shape index (κ2) is 6.68. The molecular weight excluding hydrogens is 344 g/mol. The third kappa shape index (κ3) is 2.80. The lowest BCUT2D eigenvalue weighted by molar-refractivity contribution is 0.0733. The van der Waals surface area contributed by atoms with Crippen molar-refractivity contribution < 1.29 is 4.79 Å². The van der Waals surface area contributed by atoms with Crippen LogP contribution in [0.5, 0.6) is 0 Å². The number of carbonyl (C=O) groups is 1. The number of hydrogen-bond donors (Lipinski definition) is 1. The summed E-state index contributed by atoms with van der Waals surface area (Å²) in [7, 11) is 0. The Kier molecular flexibility index (Phi) is 4.01. The van der Waals surface area contributed by atoms with E-state index < -0.39 is 0 Å². The largest absolute Gasteiger partial charge is 0.357 e. The van der Waals surface area contributed by atoms with E-state index in [1.165, 1.54) is 22.1 Å². The summed E-state index contributed by atoms with van der Waals surface area (Å²) in [5.74, 6) is 0.0978. The molecular formula is C25H22N2O. The standard InChI is InChI=1S/C25H22N2O/c1-17-6-2-3-7-20(17)18-10-12-19(13-11-18)25(28)27-15-14-22-21-8-4-5-9-23(21)26-24(22)16-27/h2-13,26H,14-16H2,1H3. The number of carbonyl (C=O) groups excluding carboxylic acids is 1. The van der Waals surface area contributed by atoms with Gasteiger partial charge in [0.1, 0.15) is 0 Å². The summed E-state index contributed by atoms with van der Waals surface area (Å²) >= 11 is 0. The fourth-order valence-corrected chi connectivity index (χ4v) is 4.24. The number of fused-ring (bicyclic) bond motifs is 3. The zero-order valence-electron chi connectivity index (χ0n) is 15.9. The highest BCUT2D eigenvalue weighted by Crippen LogP contribution is 2.29. The Morgan fingerprint density at radius 1 is 0.929 bits per heavy atom. The second-order valence-electron chi connectivity index (χ2n) is 7.50. The van der Waals surface area contributed by atoms with Crippen molar-refractivity contribution >= 4 is 16.8 Å². The molecule has 1 aromatic heterocycles. The number of benzene rings is 3. The fraction of sp³-hybridized carbons (Fsp3) is 0.160. The van der Waals surface area contributed by atoms with Crippen LogP contribution in [0.1, 0.15) is 27.2 Å². The van der Waals surface area contributed by atoms with Gasteiger partial charge in [0, 0.05) is 28.7 Å². The zero-order valence-corrected chi connectivity index (χ0v) is 15.9. The Labute approximate surface area is 164 Å². The number of aryl methyl sites for hydroxylation is 1. The predicted octanol–water partition coefficient (Wildman–Crippen LogP) is 5.34. The number of rotatable bonds is 2. The first-order valence-electron chi connectivity index (χ1n) is 9.74. The maximum absolute atomic E-state index is 13.1. The molecule has 3 nitrogen and oxygen atoms in total. The van der Waals surface area contributed by atoms with Gasteiger partial charge >= 0.3 is 0 Å². The van der Waals surface area contributed by atoms with Crippen LogP contribution in [0.25, 0.3) is 22.0 Å². The summed E-state index contributed by atoms with van der Waals surface area (Å²) in [6, 6.07) is 24.7. The van der Waals surface area contributed by atoms with Crippen LogP contribution in [0.15, 0.2) is 72.8 Å². The number of hydrogen-bond acceptors (Lipinski definition) is 1. The highest BCUT2D eigenvalue weighted by atomic mass is 16.2. The van der Waals surface area contributed by atoms with Crippen molar-refractivity contribution in [3.05, 3.63) is 95.2 Å². The minimum atomic E-state index is 0.0978. The minimum Gasteiger partial charge on any atom is -0.357 e. The molecule has 0 aliphatic carbocycles. The molecule has 3 aromatic carbocycles. The van der Waals surface area contributed by atoms with Crippen molar-refractivity contribution in [2.45, 2.75) is 19.9 Å². The molecule has 138 valence electrons. The molecule has 3 heteroatoms. The van der Waals surface area contributed by atoms with Gasteiger partial charge in [-0.25, -0.2) is 0 Å². The average molecular weight is 366 g/mol. The first-order chi connectivity index (χ1) is 13.7. The number of amides is 1. The van der Waals surface area contributed by atoms with Gasteiger partial charge in [-0.2, -0.15) is 0 Å². The molecule has 28 heavy (non-hydrogen) atoms. The topological polar surface area (TPSA) is 36.1 Å². The average Bonchev–Trinajstić information content (AvgIpc) is 3.11. The summed E-state index contributed by atoms with van der Waals surface area (Å²) in [5.41, 5.74) is 8.02. The molecule has 1 aliphatic heterocycles. The van der Waals surface area contributed by atoms with Crippen LogP contribution < -0.4 is 0 Å². The maximum Gasteiger partial charge on any atom is 0.254 e. The molecule has 1 aliphatic rings. The molecule has 0 atom stereocenters. The van der Waals surface area contributed by atoms with Gasteiger partial charge in [0.05, 0.1) is 6.54 Å². The van der Waals surface area contributed by atoms with E-state index in [0.29, 0.717) is 6.54 Å². The summed E-state index contributed by atoms with van der Waals surface area (Å²) in [4.78, 5) is 18.5. The maximum atomic E-state index is 13.1. The molecule has 5 rings (SSSR count). The Hall–Kier alpha value is -3.33. The van der Waals surface area contributed by atoms with Crippen LogP contribution >= 0.6 is 0 Å². The van der Waals surface area contributed by atoms with Crippen molar-refractivity contribution in [3.8, 4) is 11.1 Å². The van der Waals surface area contributed by atoms with E-state index in [2.05, 4.69) is 42.2 Å². The number of H-pyrrole nitrogens is 1. The SMILES string of the molecule is Cc1ccccc1-c1ccc(C(=O)N2CCc3c([nH]c4ccccc34)C2)cc1. The highest BCUT2D eigenvalue weighted by molar-refractivity contribution is 5.95. The monoisotopic (exact) mass is 366 g/mol. The van der Waals surface area contributed by atoms with E-state index in [0.717, 1.165) is 35.3 Å². The molecule has 4 aromatic rings. The molecule has 0 fully saturated rings. The van der Waals surface area contributed by atoms with Gasteiger partial charge in [-0.3, -0.25) is 4.79 Å². The minimum absolute atomic E-state index is 0.0978. The fourth-order valence-electron chi connectivity index (χ4n) is 4.24. The molecule has 0 saturated heterocycles. The lowest BCUT2D eigenvalue weighted by Gasteiger charge is -2.27. The van der Waals surface area contributed by atoms with Crippen molar-refractivity contribution in [1.29, 1.82) is 0 Å². The number of aromatic amines is 1. The summed E-state index contributed by atoms with van der Waals surface area (Å²) in [6.45, 7) is 3.51. The normalized spacial score (nSPS) is 13.5. The van der Waals surface area contributed by atoms with Crippen LogP contribution in [-0.2, 0) is 13.0 Å². The summed E-state index contributed by atoms with van der Waals surface area (Å²) in [5, 5.41) is 1.28. The van der Waals surface area contributed by atoms with Gasteiger partial charge in [0.25, 0.3) is 5.91 Å². The molecule has 0 radical (unpaired) electrons. The van der Waals surface area contributed by atoms with Gasteiger partial charge in [-0.1, -0.05) is 54.6 Å².